The third-order valence-corrected chi connectivity index (χ3v) is 3.65. The smallest absolute Gasteiger partial charge is 0.316 e. The van der Waals surface area contributed by atoms with Gasteiger partial charge in [0.2, 0.25) is 5.82 Å². The summed E-state index contributed by atoms with van der Waals surface area (Å²) >= 11 is 0. The maximum atomic E-state index is 11.9. The zero-order chi connectivity index (χ0) is 18.7. The highest BCUT2D eigenvalue weighted by Crippen LogP contribution is 2.22. The Kier molecular flexibility index (Phi) is 4.71. The van der Waals surface area contributed by atoms with Gasteiger partial charge in [-0.3, -0.25) is 4.79 Å². The Bertz CT molecular complexity index is 894. The van der Waals surface area contributed by atoms with Gasteiger partial charge in [-0.2, -0.15) is 4.80 Å². The highest BCUT2D eigenvalue weighted by Gasteiger charge is 2.23. The number of aromatic nitrogens is 4. The van der Waals surface area contributed by atoms with Crippen molar-refractivity contribution in [2.45, 2.75) is 27.3 Å². The summed E-state index contributed by atoms with van der Waals surface area (Å²) < 4.78 is 5.34. The van der Waals surface area contributed by atoms with E-state index >= 15 is 0 Å². The van der Waals surface area contributed by atoms with E-state index in [1.54, 1.807) is 69.3 Å². The summed E-state index contributed by atoms with van der Waals surface area (Å²) in [7, 11) is 0. The topological polar surface area (TPSA) is 90.1 Å². The summed E-state index contributed by atoms with van der Waals surface area (Å²) in [5.74, 6) is 0.888. The number of nitrogens with zero attached hydrogens (tertiary/aromatic N) is 4. The van der Waals surface area contributed by atoms with E-state index in [2.05, 4.69) is 15.4 Å². The van der Waals surface area contributed by atoms with Gasteiger partial charge in [-0.1, -0.05) is 12.1 Å². The Morgan fingerprint density at radius 1 is 1.08 bits per heavy atom. The maximum absolute atomic E-state index is 11.9. The first-order valence-electron chi connectivity index (χ1n) is 8.20. The molecule has 0 amide bonds. The molecule has 0 fully saturated rings. The largest absolute Gasteiger partial charge is 0.508 e. The van der Waals surface area contributed by atoms with Crippen LogP contribution in [0.25, 0.3) is 11.4 Å². The van der Waals surface area contributed by atoms with Crippen LogP contribution in [0.4, 0.5) is 0 Å². The van der Waals surface area contributed by atoms with E-state index in [4.69, 9.17) is 4.74 Å². The fourth-order valence-electron chi connectivity index (χ4n) is 2.12. The minimum atomic E-state index is -0.558. The van der Waals surface area contributed by atoms with E-state index in [0.717, 1.165) is 11.1 Å². The van der Waals surface area contributed by atoms with Gasteiger partial charge in [-0.05, 0) is 67.9 Å². The molecule has 0 radical (unpaired) electrons. The van der Waals surface area contributed by atoms with Gasteiger partial charge in [0.05, 0.1) is 12.0 Å². The summed E-state index contributed by atoms with van der Waals surface area (Å²) in [4.78, 5) is 13.4. The molecule has 0 unspecified atom stereocenters. The number of phenolic OH excluding ortho intramolecular Hbond substituents is 1. The van der Waals surface area contributed by atoms with E-state index in [1.165, 1.54) is 4.80 Å². The number of benzene rings is 2. The van der Waals surface area contributed by atoms with Crippen molar-refractivity contribution in [1.82, 2.24) is 20.2 Å². The van der Waals surface area contributed by atoms with Crippen LogP contribution in [-0.4, -0.2) is 31.3 Å². The molecule has 0 bridgehead atoms. The lowest BCUT2D eigenvalue weighted by molar-refractivity contribution is -0.142. The second-order valence-electron chi connectivity index (χ2n) is 6.97. The molecule has 7 heteroatoms. The summed E-state index contributed by atoms with van der Waals surface area (Å²) in [5, 5.41) is 21.8. The van der Waals surface area contributed by atoms with Crippen LogP contribution in [0.3, 0.4) is 0 Å². The molecule has 0 saturated heterocycles. The van der Waals surface area contributed by atoms with Gasteiger partial charge in [0.1, 0.15) is 11.5 Å². The molecule has 0 aliphatic carbocycles. The molecule has 1 N–H and O–H groups in total. The number of tetrazole rings is 1. The predicted molar refractivity (Wildman–Crippen MR) is 95.6 cm³/mol. The molecule has 26 heavy (non-hydrogen) atoms. The SMILES string of the molecule is CC(C)(C)C(=O)Oc1ccc(-c2nnn(Cc3ccc(O)cc3)n2)cc1. The normalized spacial score (nSPS) is 11.3. The lowest BCUT2D eigenvalue weighted by Crippen LogP contribution is -2.25. The van der Waals surface area contributed by atoms with E-state index in [-0.39, 0.29) is 11.7 Å². The first kappa shape index (κ1) is 17.6. The molecule has 0 aliphatic heterocycles. The molecular weight excluding hydrogens is 332 g/mol. The lowest BCUT2D eigenvalue weighted by atomic mass is 9.97. The molecule has 1 heterocycles. The average molecular weight is 352 g/mol. The number of carbonyl (C=O) groups excluding carboxylic acids is 1. The van der Waals surface area contributed by atoms with Gasteiger partial charge in [0.25, 0.3) is 0 Å². The number of phenols is 1. The van der Waals surface area contributed by atoms with Gasteiger partial charge in [0.15, 0.2) is 0 Å². The minimum absolute atomic E-state index is 0.216. The predicted octanol–water partition coefficient (Wildman–Crippen LogP) is 3.05. The molecule has 0 aliphatic rings. The van der Waals surface area contributed by atoms with Crippen molar-refractivity contribution in [1.29, 1.82) is 0 Å². The molecule has 2 aromatic carbocycles. The Balaban J connectivity index is 1.69. The first-order valence-corrected chi connectivity index (χ1v) is 8.20. The van der Waals surface area contributed by atoms with Crippen LogP contribution < -0.4 is 4.74 Å². The quantitative estimate of drug-likeness (QED) is 0.573. The zero-order valence-electron chi connectivity index (χ0n) is 14.9. The molecule has 0 spiro atoms. The van der Waals surface area contributed by atoms with Crippen molar-refractivity contribution < 1.29 is 14.6 Å². The van der Waals surface area contributed by atoms with Crippen LogP contribution >= 0.6 is 0 Å². The number of hydrogen-bond acceptors (Lipinski definition) is 6. The van der Waals surface area contributed by atoms with Crippen LogP contribution in [0.1, 0.15) is 26.3 Å². The molecule has 3 rings (SSSR count). The van der Waals surface area contributed by atoms with Gasteiger partial charge in [-0.15, -0.1) is 10.2 Å². The Morgan fingerprint density at radius 3 is 2.35 bits per heavy atom. The lowest BCUT2D eigenvalue weighted by Gasteiger charge is -2.16. The van der Waals surface area contributed by atoms with Crippen LogP contribution in [0.2, 0.25) is 0 Å². The average Bonchev–Trinajstić information content (AvgIpc) is 3.05. The summed E-state index contributed by atoms with van der Waals surface area (Å²) in [6.45, 7) is 5.87. The molecule has 0 saturated carbocycles. The van der Waals surface area contributed by atoms with E-state index in [0.29, 0.717) is 18.1 Å². The molecule has 134 valence electrons. The third-order valence-electron chi connectivity index (χ3n) is 3.65. The molecule has 3 aromatic rings. The number of hydrogen-bond donors (Lipinski definition) is 1. The fourth-order valence-corrected chi connectivity index (χ4v) is 2.12. The second-order valence-corrected chi connectivity index (χ2v) is 6.97. The van der Waals surface area contributed by atoms with Gasteiger partial charge in [-0.25, -0.2) is 0 Å². The molecule has 1 aromatic heterocycles. The van der Waals surface area contributed by atoms with E-state index in [1.807, 2.05) is 0 Å². The highest BCUT2D eigenvalue weighted by molar-refractivity contribution is 5.78. The Labute approximate surface area is 151 Å². The fraction of sp³-hybridized carbons (Fsp3) is 0.263. The summed E-state index contributed by atoms with van der Waals surface area (Å²) in [6.07, 6.45) is 0. The van der Waals surface area contributed by atoms with Gasteiger partial charge >= 0.3 is 5.97 Å². The highest BCUT2D eigenvalue weighted by atomic mass is 16.5. The number of esters is 1. The van der Waals surface area contributed by atoms with Gasteiger partial charge in [0, 0.05) is 5.56 Å². The van der Waals surface area contributed by atoms with Crippen LogP contribution in [0.5, 0.6) is 11.5 Å². The van der Waals surface area contributed by atoms with Crippen molar-refractivity contribution >= 4 is 5.97 Å². The van der Waals surface area contributed by atoms with Crippen molar-refractivity contribution in [3.8, 4) is 22.9 Å². The molecule has 0 atom stereocenters. The van der Waals surface area contributed by atoms with Gasteiger partial charge < -0.3 is 9.84 Å². The summed E-state index contributed by atoms with van der Waals surface area (Å²) in [5.41, 5.74) is 1.17. The van der Waals surface area contributed by atoms with Crippen LogP contribution in [-0.2, 0) is 11.3 Å². The standard InChI is InChI=1S/C19H20N4O3/c1-19(2,3)18(25)26-16-10-6-14(7-11-16)17-20-22-23(21-17)12-13-4-8-15(24)9-5-13/h4-11,24H,12H2,1-3H3. The third kappa shape index (κ3) is 4.24. The zero-order valence-corrected chi connectivity index (χ0v) is 14.9. The van der Waals surface area contributed by atoms with E-state index in [9.17, 15) is 9.90 Å². The monoisotopic (exact) mass is 352 g/mol. The van der Waals surface area contributed by atoms with E-state index < -0.39 is 5.41 Å². The molecule has 7 nitrogen and oxygen atoms in total. The molecular formula is C19H20N4O3. The van der Waals surface area contributed by atoms with Crippen molar-refractivity contribution in [2.24, 2.45) is 5.41 Å². The number of rotatable bonds is 4. The van der Waals surface area contributed by atoms with Crippen molar-refractivity contribution in [2.75, 3.05) is 0 Å². The minimum Gasteiger partial charge on any atom is -0.508 e. The number of carbonyl (C=O) groups is 1. The Hall–Kier alpha value is -3.22. The van der Waals surface area contributed by atoms with Crippen LogP contribution in [0, 0.1) is 5.41 Å². The maximum Gasteiger partial charge on any atom is 0.316 e. The second kappa shape index (κ2) is 6.95. The summed E-state index contributed by atoms with van der Waals surface area (Å²) in [6, 6.07) is 13.8. The van der Waals surface area contributed by atoms with Crippen molar-refractivity contribution in [3.63, 3.8) is 0 Å². The number of aromatic hydroxyl groups is 1. The Morgan fingerprint density at radius 2 is 1.73 bits per heavy atom. The van der Waals surface area contributed by atoms with Crippen LogP contribution in [0.15, 0.2) is 48.5 Å². The first-order chi connectivity index (χ1) is 12.3. The number of ether oxygens (including phenoxy) is 1. The van der Waals surface area contributed by atoms with Crippen molar-refractivity contribution in [3.05, 3.63) is 54.1 Å².